The quantitative estimate of drug-likeness (QED) is 0.324. The highest BCUT2D eigenvalue weighted by atomic mass is 32.1. The van der Waals surface area contributed by atoms with E-state index in [4.69, 9.17) is 0 Å². The number of aliphatic hydroxyl groups excluding tert-OH is 3. The molecule has 3 N–H and O–H groups in total. The normalized spacial score (nSPS) is 35.2. The topological polar surface area (TPSA) is 73.6 Å². The first-order valence-electron chi connectivity index (χ1n) is 14.6. The van der Waals surface area contributed by atoms with E-state index in [0.29, 0.717) is 36.0 Å². The summed E-state index contributed by atoms with van der Waals surface area (Å²) < 4.78 is 0. The molecule has 2 unspecified atom stereocenters. The molecule has 1 aromatic rings. The van der Waals surface area contributed by atoms with Crippen molar-refractivity contribution in [2.45, 2.75) is 110 Å². The second-order valence-corrected chi connectivity index (χ2v) is 13.7. The van der Waals surface area contributed by atoms with Crippen LogP contribution < -0.4 is 0 Å². The van der Waals surface area contributed by atoms with Gasteiger partial charge in [0.2, 0.25) is 0 Å². The number of aromatic nitrogens is 1. The Kier molecular flexibility index (Phi) is 9.21. The van der Waals surface area contributed by atoms with Gasteiger partial charge in [0.05, 0.1) is 18.8 Å². The molecule has 3 aliphatic rings. The zero-order chi connectivity index (χ0) is 26.8. The van der Waals surface area contributed by atoms with Gasteiger partial charge in [-0.3, -0.25) is 0 Å². The molecule has 1 heterocycles. The molecule has 1 aromatic heterocycles. The van der Waals surface area contributed by atoms with Crippen LogP contribution in [0, 0.1) is 29.1 Å². The number of aliphatic hydroxyl groups is 3. The number of hydrogen-bond donors (Lipinski definition) is 3. The number of hydrogen-bond acceptors (Lipinski definition) is 5. The van der Waals surface area contributed by atoms with Crippen LogP contribution in [0.4, 0.5) is 0 Å². The molecule has 3 saturated carbocycles. The van der Waals surface area contributed by atoms with E-state index in [1.54, 1.807) is 16.9 Å². The largest absolute Gasteiger partial charge is 0.395 e. The van der Waals surface area contributed by atoms with E-state index in [0.717, 1.165) is 41.3 Å². The van der Waals surface area contributed by atoms with Crippen molar-refractivity contribution in [1.82, 2.24) is 4.98 Å². The van der Waals surface area contributed by atoms with Gasteiger partial charge in [0, 0.05) is 23.4 Å². The van der Waals surface area contributed by atoms with Crippen molar-refractivity contribution in [3.8, 4) is 0 Å². The minimum atomic E-state index is -0.627. The number of rotatable bonds is 9. The van der Waals surface area contributed by atoms with Gasteiger partial charge in [-0.25, -0.2) is 4.98 Å². The van der Waals surface area contributed by atoms with E-state index in [2.05, 4.69) is 51.4 Å². The predicted octanol–water partition coefficient (Wildman–Crippen LogP) is 6.98. The molecule has 7 atom stereocenters. The average molecular weight is 528 g/mol. The first-order chi connectivity index (χ1) is 17.6. The summed E-state index contributed by atoms with van der Waals surface area (Å²) in [6, 6.07) is 0. The van der Waals surface area contributed by atoms with E-state index in [-0.39, 0.29) is 12.0 Å². The van der Waals surface area contributed by atoms with Crippen molar-refractivity contribution >= 4 is 11.3 Å². The van der Waals surface area contributed by atoms with Crippen molar-refractivity contribution < 1.29 is 15.3 Å². The van der Waals surface area contributed by atoms with Gasteiger partial charge in [0.1, 0.15) is 5.01 Å². The lowest BCUT2D eigenvalue weighted by molar-refractivity contribution is 0.0860. The molecule has 0 aromatic carbocycles. The first kappa shape index (κ1) is 28.7. The van der Waals surface area contributed by atoms with Crippen LogP contribution in [0.15, 0.2) is 47.0 Å². The molecule has 0 radical (unpaired) electrons. The second kappa shape index (κ2) is 11.9. The highest BCUT2D eigenvalue weighted by Gasteiger charge is 2.50. The van der Waals surface area contributed by atoms with Crippen molar-refractivity contribution in [2.75, 3.05) is 6.61 Å². The third-order valence-corrected chi connectivity index (χ3v) is 11.5. The van der Waals surface area contributed by atoms with Crippen LogP contribution in [0.3, 0.4) is 0 Å². The minimum Gasteiger partial charge on any atom is -0.395 e. The Morgan fingerprint density at radius 2 is 2.03 bits per heavy atom. The number of fused-ring (bicyclic) bond motifs is 1. The summed E-state index contributed by atoms with van der Waals surface area (Å²) in [6.45, 7) is 13.7. The predicted molar refractivity (Wildman–Crippen MR) is 153 cm³/mol. The smallest absolute Gasteiger partial charge is 0.101 e. The lowest BCUT2D eigenvalue weighted by Gasteiger charge is -2.44. The molecule has 3 fully saturated rings. The van der Waals surface area contributed by atoms with Crippen molar-refractivity contribution in [1.29, 1.82) is 0 Å². The van der Waals surface area contributed by atoms with Crippen LogP contribution in [0.25, 0.3) is 0 Å². The van der Waals surface area contributed by atoms with Gasteiger partial charge in [0.15, 0.2) is 0 Å². The molecule has 4 nitrogen and oxygen atoms in total. The third-order valence-electron chi connectivity index (χ3n) is 10.5. The van der Waals surface area contributed by atoms with Crippen LogP contribution in [-0.4, -0.2) is 39.1 Å². The Balaban J connectivity index is 1.43. The maximum Gasteiger partial charge on any atom is 0.101 e. The van der Waals surface area contributed by atoms with Crippen LogP contribution in [0.1, 0.15) is 96.9 Å². The fourth-order valence-electron chi connectivity index (χ4n) is 8.06. The Labute approximate surface area is 228 Å². The van der Waals surface area contributed by atoms with Gasteiger partial charge in [0.25, 0.3) is 0 Å². The van der Waals surface area contributed by atoms with Crippen molar-refractivity contribution in [2.24, 2.45) is 29.1 Å². The van der Waals surface area contributed by atoms with Gasteiger partial charge in [-0.1, -0.05) is 64.8 Å². The molecule has 37 heavy (non-hydrogen) atoms. The number of nitrogens with zero attached hydrogens (tertiary/aromatic N) is 1. The van der Waals surface area contributed by atoms with E-state index in [1.165, 1.54) is 32.1 Å². The molecular weight excluding hydrogens is 478 g/mol. The zero-order valence-corrected chi connectivity index (χ0v) is 24.3. The van der Waals surface area contributed by atoms with E-state index in [9.17, 15) is 15.3 Å². The summed E-state index contributed by atoms with van der Waals surface area (Å²) in [6.07, 6.45) is 15.8. The SMILES string of the molecule is C=C1/C(=C/C=C2/CCC[C@@]3(C)C2CC[C@@H]3C(C)CCC[C@](CO)(c2nccs2)C(C)C)C[C@@H](O)C[C@H]1O. The molecule has 0 spiro atoms. The molecular formula is C32H49NO3S. The molecule has 206 valence electrons. The van der Waals surface area contributed by atoms with E-state index in [1.807, 2.05) is 11.6 Å². The van der Waals surface area contributed by atoms with Crippen LogP contribution in [-0.2, 0) is 5.41 Å². The molecule has 4 rings (SSSR count). The van der Waals surface area contributed by atoms with Crippen molar-refractivity contribution in [3.63, 3.8) is 0 Å². The van der Waals surface area contributed by atoms with Crippen LogP contribution in [0.2, 0.25) is 0 Å². The summed E-state index contributed by atoms with van der Waals surface area (Å²) in [7, 11) is 0. The van der Waals surface area contributed by atoms with Gasteiger partial charge < -0.3 is 15.3 Å². The molecule has 5 heteroatoms. The zero-order valence-electron chi connectivity index (χ0n) is 23.5. The molecule has 0 aliphatic heterocycles. The second-order valence-electron chi connectivity index (χ2n) is 12.8. The van der Waals surface area contributed by atoms with E-state index < -0.39 is 12.2 Å². The highest BCUT2D eigenvalue weighted by molar-refractivity contribution is 7.09. The lowest BCUT2D eigenvalue weighted by atomic mass is 9.60. The summed E-state index contributed by atoms with van der Waals surface area (Å²) in [5.41, 5.74) is 3.45. The summed E-state index contributed by atoms with van der Waals surface area (Å²) in [5, 5.41) is 33.9. The molecule has 0 amide bonds. The maximum atomic E-state index is 10.4. The fraction of sp³-hybridized carbons (Fsp3) is 0.719. The fourth-order valence-corrected chi connectivity index (χ4v) is 9.07. The number of allylic oxidation sites excluding steroid dienone is 3. The Hall–Kier alpha value is -1.27. The lowest BCUT2D eigenvalue weighted by Crippen LogP contribution is -2.37. The van der Waals surface area contributed by atoms with Crippen molar-refractivity contribution in [3.05, 3.63) is 52.0 Å². The van der Waals surface area contributed by atoms with Gasteiger partial charge in [-0.15, -0.1) is 11.3 Å². The first-order valence-corrected chi connectivity index (χ1v) is 15.5. The summed E-state index contributed by atoms with van der Waals surface area (Å²) in [5.74, 6) is 2.37. The van der Waals surface area contributed by atoms with E-state index >= 15 is 0 Å². The number of thiazole rings is 1. The van der Waals surface area contributed by atoms with Gasteiger partial charge >= 0.3 is 0 Å². The standard InChI is InChI=1S/C32H49NO3S/c1-21(2)32(20-34,30-33-16-17-37-30)15-6-8-22(3)27-12-13-28-24(9-7-14-31(27,28)5)10-11-25-18-26(35)19-29(36)23(25)4/h10-11,16-17,21-22,26-29,34-36H,4,6-9,12-15,18-20H2,1-3,5H3/b24-10-,25-11+/t22?,26-,27-,28?,29-,31-,32-/m1/s1. The van der Waals surface area contributed by atoms with Gasteiger partial charge in [-0.05, 0) is 85.2 Å². The highest BCUT2D eigenvalue weighted by Crippen LogP contribution is 2.60. The minimum absolute atomic E-state index is 0.167. The average Bonchev–Trinajstić information content (AvgIpc) is 3.51. The Bertz CT molecular complexity index is 982. The third kappa shape index (κ3) is 5.71. The molecule has 3 aliphatic carbocycles. The Morgan fingerprint density at radius 3 is 2.70 bits per heavy atom. The molecule has 0 saturated heterocycles. The van der Waals surface area contributed by atoms with Crippen LogP contribution >= 0.6 is 11.3 Å². The maximum absolute atomic E-state index is 10.4. The van der Waals surface area contributed by atoms with Gasteiger partial charge in [-0.2, -0.15) is 0 Å². The molecule has 0 bridgehead atoms. The Morgan fingerprint density at radius 1 is 1.24 bits per heavy atom. The summed E-state index contributed by atoms with van der Waals surface area (Å²) >= 11 is 1.68. The summed E-state index contributed by atoms with van der Waals surface area (Å²) in [4.78, 5) is 4.61. The van der Waals surface area contributed by atoms with Crippen LogP contribution in [0.5, 0.6) is 0 Å². The monoisotopic (exact) mass is 527 g/mol.